The lowest BCUT2D eigenvalue weighted by molar-refractivity contribution is 0.150. The molecule has 1 aromatic rings. The van der Waals surface area contributed by atoms with Crippen molar-refractivity contribution >= 4 is 11.6 Å². The first kappa shape index (κ1) is 10.2. The van der Waals surface area contributed by atoms with E-state index in [1.54, 1.807) is 0 Å². The van der Waals surface area contributed by atoms with Gasteiger partial charge in [-0.25, -0.2) is 8.78 Å². The molecule has 13 heavy (non-hydrogen) atoms. The van der Waals surface area contributed by atoms with Gasteiger partial charge in [0.15, 0.2) is 0 Å². The van der Waals surface area contributed by atoms with Gasteiger partial charge in [-0.05, 0) is 13.0 Å². The first-order valence-electron chi connectivity index (χ1n) is 3.63. The van der Waals surface area contributed by atoms with Gasteiger partial charge in [0.1, 0.15) is 0 Å². The molecule has 0 atom stereocenters. The Balaban J connectivity index is 3.33. The normalized spacial score (nSPS) is 10.8. The molecule has 1 aromatic heterocycles. The van der Waals surface area contributed by atoms with Crippen molar-refractivity contribution in [1.29, 1.82) is 0 Å². The van der Waals surface area contributed by atoms with Gasteiger partial charge < -0.3 is 4.98 Å². The van der Waals surface area contributed by atoms with Gasteiger partial charge in [0.05, 0.1) is 5.88 Å². The molecule has 0 aliphatic heterocycles. The number of nitrogens with one attached hydrogen (secondary N) is 1. The number of pyridine rings is 1. The summed E-state index contributed by atoms with van der Waals surface area (Å²) < 4.78 is 24.7. The molecule has 0 bridgehead atoms. The largest absolute Gasteiger partial charge is 0.325 e. The van der Waals surface area contributed by atoms with Gasteiger partial charge in [-0.2, -0.15) is 0 Å². The summed E-state index contributed by atoms with van der Waals surface area (Å²) in [5, 5.41) is 0. The summed E-state index contributed by atoms with van der Waals surface area (Å²) in [6.07, 6.45) is -2.63. The van der Waals surface area contributed by atoms with Gasteiger partial charge in [-0.15, -0.1) is 11.6 Å². The average molecular weight is 208 g/mol. The second kappa shape index (κ2) is 3.87. The van der Waals surface area contributed by atoms with Crippen LogP contribution in [0.25, 0.3) is 0 Å². The van der Waals surface area contributed by atoms with E-state index >= 15 is 0 Å². The molecule has 1 rings (SSSR count). The molecule has 0 saturated carbocycles. The summed E-state index contributed by atoms with van der Waals surface area (Å²) in [5.74, 6) is 0.0231. The van der Waals surface area contributed by atoms with Gasteiger partial charge in [0, 0.05) is 16.8 Å². The number of aromatic nitrogens is 1. The molecular formula is C8H8ClF2NO. The number of aromatic amines is 1. The van der Waals surface area contributed by atoms with Crippen molar-refractivity contribution in [3.05, 3.63) is 33.2 Å². The maximum atomic E-state index is 12.3. The standard InChI is InChI=1S/C8H8ClF2NO/c1-4-6(7(10)11)2-5(3-9)12-8(4)13/h2,7H,3H2,1H3,(H,12,13). The van der Waals surface area contributed by atoms with Gasteiger partial charge in [-0.1, -0.05) is 0 Å². The lowest BCUT2D eigenvalue weighted by Gasteiger charge is -2.05. The molecule has 0 aromatic carbocycles. The smallest absolute Gasteiger partial charge is 0.264 e. The Labute approximate surface area is 78.5 Å². The fourth-order valence-electron chi connectivity index (χ4n) is 1.00. The highest BCUT2D eigenvalue weighted by molar-refractivity contribution is 6.16. The van der Waals surface area contributed by atoms with Crippen LogP contribution < -0.4 is 5.56 Å². The Kier molecular flexibility index (Phi) is 3.03. The molecule has 0 spiro atoms. The summed E-state index contributed by atoms with van der Waals surface area (Å²) in [6, 6.07) is 1.22. The monoisotopic (exact) mass is 207 g/mol. The fourth-order valence-corrected chi connectivity index (χ4v) is 1.15. The predicted octanol–water partition coefficient (Wildman–Crippen LogP) is 2.36. The summed E-state index contributed by atoms with van der Waals surface area (Å²) in [4.78, 5) is 13.5. The van der Waals surface area contributed by atoms with Crippen LogP contribution in [0, 0.1) is 6.92 Å². The van der Waals surface area contributed by atoms with E-state index < -0.39 is 12.0 Å². The summed E-state index contributed by atoms with van der Waals surface area (Å²) in [6.45, 7) is 1.36. The van der Waals surface area contributed by atoms with Crippen LogP contribution in [0.3, 0.4) is 0 Å². The Morgan fingerprint density at radius 3 is 2.69 bits per heavy atom. The quantitative estimate of drug-likeness (QED) is 0.742. The van der Waals surface area contributed by atoms with Crippen LogP contribution in [0.5, 0.6) is 0 Å². The molecule has 0 saturated heterocycles. The van der Waals surface area contributed by atoms with Gasteiger partial charge in [0.2, 0.25) is 0 Å². The van der Waals surface area contributed by atoms with Crippen LogP contribution in [-0.4, -0.2) is 4.98 Å². The zero-order valence-electron chi connectivity index (χ0n) is 6.90. The minimum atomic E-state index is -2.63. The van der Waals surface area contributed by atoms with E-state index in [0.29, 0.717) is 5.69 Å². The lowest BCUT2D eigenvalue weighted by Crippen LogP contribution is -2.14. The van der Waals surface area contributed by atoms with E-state index in [1.165, 1.54) is 13.0 Å². The Hall–Kier alpha value is -0.900. The second-order valence-electron chi connectivity index (χ2n) is 2.64. The van der Waals surface area contributed by atoms with Crippen molar-refractivity contribution in [2.75, 3.05) is 0 Å². The molecule has 5 heteroatoms. The Morgan fingerprint density at radius 2 is 2.23 bits per heavy atom. The molecule has 72 valence electrons. The van der Waals surface area contributed by atoms with E-state index in [0.717, 1.165) is 0 Å². The fraction of sp³-hybridized carbons (Fsp3) is 0.375. The minimum absolute atomic E-state index is 0.0231. The third-order valence-corrected chi connectivity index (χ3v) is 2.04. The van der Waals surface area contributed by atoms with E-state index in [1.807, 2.05) is 0 Å². The van der Waals surface area contributed by atoms with Gasteiger partial charge in [0.25, 0.3) is 12.0 Å². The van der Waals surface area contributed by atoms with Crippen LogP contribution >= 0.6 is 11.6 Å². The molecule has 0 unspecified atom stereocenters. The van der Waals surface area contributed by atoms with Crippen LogP contribution in [0.15, 0.2) is 10.9 Å². The molecule has 2 nitrogen and oxygen atoms in total. The molecular weight excluding hydrogens is 200 g/mol. The molecule has 0 amide bonds. The topological polar surface area (TPSA) is 32.9 Å². The van der Waals surface area contributed by atoms with Gasteiger partial charge >= 0.3 is 0 Å². The number of hydrogen-bond acceptors (Lipinski definition) is 1. The van der Waals surface area contributed by atoms with Crippen molar-refractivity contribution in [2.24, 2.45) is 0 Å². The maximum absolute atomic E-state index is 12.3. The molecule has 1 heterocycles. The Morgan fingerprint density at radius 1 is 1.62 bits per heavy atom. The summed E-state index contributed by atoms with van der Waals surface area (Å²) >= 11 is 5.41. The zero-order chi connectivity index (χ0) is 10.0. The molecule has 0 fully saturated rings. The number of H-pyrrole nitrogens is 1. The first-order chi connectivity index (χ1) is 6.06. The minimum Gasteiger partial charge on any atom is -0.325 e. The van der Waals surface area contributed by atoms with E-state index in [9.17, 15) is 13.6 Å². The lowest BCUT2D eigenvalue weighted by atomic mass is 10.1. The number of rotatable bonds is 2. The number of halogens is 3. The van der Waals surface area contributed by atoms with Crippen molar-refractivity contribution in [2.45, 2.75) is 19.2 Å². The number of alkyl halides is 3. The SMILES string of the molecule is Cc1c(C(F)F)cc(CCl)[nH]c1=O. The van der Waals surface area contributed by atoms with Crippen LogP contribution in [0.2, 0.25) is 0 Å². The summed E-state index contributed by atoms with van der Waals surface area (Å²) in [7, 11) is 0. The van der Waals surface area contributed by atoms with Crippen LogP contribution in [0.1, 0.15) is 23.2 Å². The van der Waals surface area contributed by atoms with E-state index in [4.69, 9.17) is 11.6 Å². The molecule has 1 N–H and O–H groups in total. The summed E-state index contributed by atoms with van der Waals surface area (Å²) in [5.41, 5.74) is -0.399. The molecule has 0 aliphatic carbocycles. The van der Waals surface area contributed by atoms with Crippen molar-refractivity contribution < 1.29 is 8.78 Å². The third-order valence-electron chi connectivity index (χ3n) is 1.76. The highest BCUT2D eigenvalue weighted by Crippen LogP contribution is 2.20. The van der Waals surface area contributed by atoms with Crippen molar-refractivity contribution in [3.63, 3.8) is 0 Å². The van der Waals surface area contributed by atoms with E-state index in [-0.39, 0.29) is 17.0 Å². The highest BCUT2D eigenvalue weighted by atomic mass is 35.5. The molecule has 0 aliphatic rings. The third kappa shape index (κ3) is 2.06. The highest BCUT2D eigenvalue weighted by Gasteiger charge is 2.13. The predicted molar refractivity (Wildman–Crippen MR) is 46.3 cm³/mol. The van der Waals surface area contributed by atoms with Crippen molar-refractivity contribution in [1.82, 2.24) is 4.98 Å². The zero-order valence-corrected chi connectivity index (χ0v) is 7.66. The second-order valence-corrected chi connectivity index (χ2v) is 2.91. The average Bonchev–Trinajstić information content (AvgIpc) is 2.09. The molecule has 0 radical (unpaired) electrons. The van der Waals surface area contributed by atoms with Gasteiger partial charge in [-0.3, -0.25) is 4.79 Å². The number of hydrogen-bond donors (Lipinski definition) is 1. The Bertz CT molecular complexity index is 362. The first-order valence-corrected chi connectivity index (χ1v) is 4.16. The maximum Gasteiger partial charge on any atom is 0.264 e. The van der Waals surface area contributed by atoms with Crippen molar-refractivity contribution in [3.8, 4) is 0 Å². The van der Waals surface area contributed by atoms with E-state index in [2.05, 4.69) is 4.98 Å². The van der Waals surface area contributed by atoms with Crippen LogP contribution in [-0.2, 0) is 5.88 Å². The van der Waals surface area contributed by atoms with Crippen LogP contribution in [0.4, 0.5) is 8.78 Å².